The number of nitriles is 1. The summed E-state index contributed by atoms with van der Waals surface area (Å²) >= 11 is 17.9. The van der Waals surface area contributed by atoms with Crippen molar-refractivity contribution in [3.05, 3.63) is 81.0 Å². The third-order valence-electron chi connectivity index (χ3n) is 3.34. The molecule has 2 nitrogen and oxygen atoms in total. The second-order valence-corrected chi connectivity index (χ2v) is 6.35. The summed E-state index contributed by atoms with van der Waals surface area (Å²) in [6.45, 7) is 0. The number of halogens is 3. The Balaban J connectivity index is 1.94. The van der Waals surface area contributed by atoms with Gasteiger partial charge >= 0.3 is 0 Å². The van der Waals surface area contributed by atoms with Gasteiger partial charge < -0.3 is 4.42 Å². The molecule has 0 aliphatic heterocycles. The Morgan fingerprint density at radius 1 is 0.875 bits per heavy atom. The number of allylic oxidation sites excluding steroid dienone is 1. The Morgan fingerprint density at radius 2 is 1.54 bits per heavy atom. The zero-order valence-electron chi connectivity index (χ0n) is 12.3. The Hall–Kier alpha value is -2.18. The normalized spacial score (nSPS) is 11.3. The van der Waals surface area contributed by atoms with Crippen LogP contribution in [0.15, 0.2) is 59.0 Å². The summed E-state index contributed by atoms with van der Waals surface area (Å²) in [5.41, 5.74) is 2.03. The van der Waals surface area contributed by atoms with E-state index in [1.165, 1.54) is 0 Å². The maximum atomic E-state index is 9.38. The third-order valence-corrected chi connectivity index (χ3v) is 4.02. The van der Waals surface area contributed by atoms with Gasteiger partial charge in [0.1, 0.15) is 11.5 Å². The highest BCUT2D eigenvalue weighted by atomic mass is 35.5. The van der Waals surface area contributed by atoms with Gasteiger partial charge in [0.15, 0.2) is 0 Å². The van der Waals surface area contributed by atoms with Gasteiger partial charge in [-0.05, 0) is 54.1 Å². The lowest BCUT2D eigenvalue weighted by atomic mass is 10.1. The molecule has 0 spiro atoms. The molecule has 0 aliphatic carbocycles. The maximum Gasteiger partial charge on any atom is 0.134 e. The molecule has 0 saturated carbocycles. The molecule has 0 aliphatic rings. The molecule has 118 valence electrons. The topological polar surface area (TPSA) is 36.9 Å². The molecule has 0 unspecified atom stereocenters. The molecule has 3 rings (SSSR count). The molecule has 24 heavy (non-hydrogen) atoms. The van der Waals surface area contributed by atoms with E-state index < -0.39 is 0 Å². The fourth-order valence-corrected chi connectivity index (χ4v) is 2.89. The molecule has 0 fully saturated rings. The van der Waals surface area contributed by atoms with Gasteiger partial charge in [0.25, 0.3) is 0 Å². The first kappa shape index (κ1) is 16.7. The Bertz CT molecular complexity index is 929. The molecule has 3 aromatic rings. The van der Waals surface area contributed by atoms with Crippen molar-refractivity contribution < 1.29 is 4.42 Å². The molecule has 1 heterocycles. The lowest BCUT2D eigenvalue weighted by molar-refractivity contribution is 0.572. The van der Waals surface area contributed by atoms with E-state index in [1.807, 2.05) is 6.07 Å². The van der Waals surface area contributed by atoms with Gasteiger partial charge in [0.05, 0.1) is 11.6 Å². The second-order valence-electron chi connectivity index (χ2n) is 5.04. The van der Waals surface area contributed by atoms with Crippen molar-refractivity contribution >= 4 is 46.5 Å². The minimum atomic E-state index is 0.483. The fraction of sp³-hybridized carbons (Fsp3) is 0. The van der Waals surface area contributed by atoms with Crippen LogP contribution in [0.2, 0.25) is 15.1 Å². The van der Waals surface area contributed by atoms with E-state index in [4.69, 9.17) is 39.2 Å². The number of hydrogen-bond acceptors (Lipinski definition) is 2. The summed E-state index contributed by atoms with van der Waals surface area (Å²) in [5, 5.41) is 11.1. The third kappa shape index (κ3) is 3.83. The minimum absolute atomic E-state index is 0.483. The van der Waals surface area contributed by atoms with E-state index in [-0.39, 0.29) is 0 Å². The molecular weight excluding hydrogens is 365 g/mol. The van der Waals surface area contributed by atoms with Crippen LogP contribution in [0.4, 0.5) is 0 Å². The average Bonchev–Trinajstić information content (AvgIpc) is 3.01. The number of hydrogen-bond donors (Lipinski definition) is 0. The van der Waals surface area contributed by atoms with Crippen LogP contribution in [0, 0.1) is 11.3 Å². The molecule has 0 amide bonds. The molecule has 0 bridgehead atoms. The predicted molar refractivity (Wildman–Crippen MR) is 99.1 cm³/mol. The zero-order valence-corrected chi connectivity index (χ0v) is 14.5. The molecule has 0 radical (unpaired) electrons. The van der Waals surface area contributed by atoms with E-state index in [9.17, 15) is 5.26 Å². The van der Waals surface area contributed by atoms with Crippen molar-refractivity contribution in [1.29, 1.82) is 5.26 Å². The van der Waals surface area contributed by atoms with E-state index in [1.54, 1.807) is 54.6 Å². The van der Waals surface area contributed by atoms with Gasteiger partial charge in [-0.1, -0.05) is 46.9 Å². The van der Waals surface area contributed by atoms with Crippen LogP contribution in [0.5, 0.6) is 0 Å². The van der Waals surface area contributed by atoms with Gasteiger partial charge in [-0.2, -0.15) is 5.26 Å². The molecule has 2 aromatic carbocycles. The van der Waals surface area contributed by atoms with Crippen LogP contribution in [-0.2, 0) is 0 Å². The second kappa shape index (κ2) is 7.15. The monoisotopic (exact) mass is 373 g/mol. The van der Waals surface area contributed by atoms with E-state index in [0.717, 1.165) is 11.1 Å². The van der Waals surface area contributed by atoms with Crippen molar-refractivity contribution in [2.75, 3.05) is 0 Å². The van der Waals surface area contributed by atoms with Crippen LogP contribution >= 0.6 is 34.8 Å². The summed E-state index contributed by atoms with van der Waals surface area (Å²) < 4.78 is 5.79. The van der Waals surface area contributed by atoms with Crippen LogP contribution in [0.1, 0.15) is 11.3 Å². The lowest BCUT2D eigenvalue weighted by Crippen LogP contribution is -1.80. The minimum Gasteiger partial charge on any atom is -0.457 e. The van der Waals surface area contributed by atoms with Crippen molar-refractivity contribution in [2.45, 2.75) is 0 Å². The molecule has 5 heteroatoms. The average molecular weight is 375 g/mol. The van der Waals surface area contributed by atoms with E-state index >= 15 is 0 Å². The number of benzene rings is 2. The van der Waals surface area contributed by atoms with Crippen molar-refractivity contribution in [3.8, 4) is 17.4 Å². The van der Waals surface area contributed by atoms with E-state index in [0.29, 0.717) is 32.2 Å². The SMILES string of the molecule is N#CC(=Cc1ccc(-c2cc(Cl)cc(Cl)c2)o1)c1ccc(Cl)cc1. The van der Waals surface area contributed by atoms with Gasteiger partial charge in [-0.15, -0.1) is 0 Å². The largest absolute Gasteiger partial charge is 0.457 e. The standard InChI is InChI=1S/C19H10Cl3NO/c20-15-3-1-12(2-4-15)14(11-23)9-18-5-6-19(24-18)13-7-16(21)10-17(22)8-13/h1-10H. The summed E-state index contributed by atoms with van der Waals surface area (Å²) in [6.07, 6.45) is 1.68. The molecule has 0 N–H and O–H groups in total. The van der Waals surface area contributed by atoms with Crippen LogP contribution < -0.4 is 0 Å². The van der Waals surface area contributed by atoms with Crippen molar-refractivity contribution in [3.63, 3.8) is 0 Å². The molecular formula is C19H10Cl3NO. The van der Waals surface area contributed by atoms with Gasteiger partial charge in [0, 0.05) is 20.6 Å². The van der Waals surface area contributed by atoms with E-state index in [2.05, 4.69) is 6.07 Å². The van der Waals surface area contributed by atoms with Crippen LogP contribution in [0.3, 0.4) is 0 Å². The Morgan fingerprint density at radius 3 is 2.17 bits per heavy atom. The summed E-state index contributed by atoms with van der Waals surface area (Å²) in [4.78, 5) is 0. The zero-order chi connectivity index (χ0) is 17.1. The number of rotatable bonds is 3. The number of furan rings is 1. The van der Waals surface area contributed by atoms with Crippen LogP contribution in [-0.4, -0.2) is 0 Å². The molecule has 0 atom stereocenters. The Kier molecular flexibility index (Phi) is 4.97. The number of nitrogens with zero attached hydrogens (tertiary/aromatic N) is 1. The summed E-state index contributed by atoms with van der Waals surface area (Å²) in [7, 11) is 0. The Labute approximate surface area is 154 Å². The molecule has 1 aromatic heterocycles. The lowest BCUT2D eigenvalue weighted by Gasteiger charge is -2.00. The maximum absolute atomic E-state index is 9.38. The van der Waals surface area contributed by atoms with Crippen molar-refractivity contribution in [1.82, 2.24) is 0 Å². The van der Waals surface area contributed by atoms with Gasteiger partial charge in [-0.25, -0.2) is 0 Å². The predicted octanol–water partition coefficient (Wildman–Crippen LogP) is 6.97. The van der Waals surface area contributed by atoms with Crippen molar-refractivity contribution in [2.24, 2.45) is 0 Å². The summed E-state index contributed by atoms with van der Waals surface area (Å²) in [5.74, 6) is 1.19. The first-order chi connectivity index (χ1) is 11.5. The van der Waals surface area contributed by atoms with Gasteiger partial charge in [-0.3, -0.25) is 0 Å². The molecule has 0 saturated heterocycles. The fourth-order valence-electron chi connectivity index (χ4n) is 2.23. The first-order valence-electron chi connectivity index (χ1n) is 6.99. The highest BCUT2D eigenvalue weighted by Crippen LogP contribution is 2.30. The first-order valence-corrected chi connectivity index (χ1v) is 8.12. The highest BCUT2D eigenvalue weighted by molar-refractivity contribution is 6.35. The smallest absolute Gasteiger partial charge is 0.134 e. The van der Waals surface area contributed by atoms with Gasteiger partial charge in [0.2, 0.25) is 0 Å². The quantitative estimate of drug-likeness (QED) is 0.464. The highest BCUT2D eigenvalue weighted by Gasteiger charge is 2.08. The van der Waals surface area contributed by atoms with Crippen LogP contribution in [0.25, 0.3) is 23.0 Å². The summed E-state index contributed by atoms with van der Waals surface area (Å²) in [6, 6.07) is 18.0.